The number of rotatable bonds is 7. The van der Waals surface area contributed by atoms with Crippen LogP contribution < -0.4 is 4.74 Å². The lowest BCUT2D eigenvalue weighted by atomic mass is 10.2. The van der Waals surface area contributed by atoms with Crippen LogP contribution in [0.5, 0.6) is 5.75 Å². The predicted octanol–water partition coefficient (Wildman–Crippen LogP) is 2.78. The van der Waals surface area contributed by atoms with Crippen molar-refractivity contribution in [2.75, 3.05) is 14.2 Å². The van der Waals surface area contributed by atoms with E-state index in [1.165, 1.54) is 26.3 Å². The molecular weight excluding hydrogens is 400 g/mol. The lowest BCUT2D eigenvalue weighted by Gasteiger charge is -2.16. The third kappa shape index (κ3) is 4.25. The molecule has 11 heteroatoms. The Morgan fingerprint density at radius 2 is 2.00 bits per heavy atom. The van der Waals surface area contributed by atoms with E-state index < -0.39 is 14.9 Å². The molecule has 1 aromatic heterocycles. The Bertz CT molecular complexity index is 1160. The zero-order valence-corrected chi connectivity index (χ0v) is 16.7. The van der Waals surface area contributed by atoms with Gasteiger partial charge >= 0.3 is 0 Å². The molecule has 0 aliphatic rings. The van der Waals surface area contributed by atoms with Crippen LogP contribution in [0.15, 0.2) is 51.9 Å². The zero-order chi connectivity index (χ0) is 21.2. The van der Waals surface area contributed by atoms with Gasteiger partial charge in [0, 0.05) is 24.7 Å². The minimum Gasteiger partial charge on any atom is -0.497 e. The maximum atomic E-state index is 12.9. The molecule has 152 valence electrons. The smallest absolute Gasteiger partial charge is 0.270 e. The molecule has 0 bridgehead atoms. The van der Waals surface area contributed by atoms with E-state index in [2.05, 4.69) is 10.1 Å². The molecule has 0 N–H and O–H groups in total. The first-order chi connectivity index (χ1) is 13.7. The van der Waals surface area contributed by atoms with Crippen LogP contribution in [0.25, 0.3) is 11.4 Å². The van der Waals surface area contributed by atoms with Gasteiger partial charge in [0.05, 0.1) is 23.5 Å². The van der Waals surface area contributed by atoms with Gasteiger partial charge in [-0.25, -0.2) is 8.42 Å². The van der Waals surface area contributed by atoms with E-state index in [1.807, 2.05) is 0 Å². The molecule has 0 saturated carbocycles. The summed E-state index contributed by atoms with van der Waals surface area (Å²) >= 11 is 0. The van der Waals surface area contributed by atoms with Crippen molar-refractivity contribution in [2.45, 2.75) is 18.4 Å². The van der Waals surface area contributed by atoms with Crippen LogP contribution in [0.2, 0.25) is 0 Å². The van der Waals surface area contributed by atoms with Crippen LogP contribution in [0.3, 0.4) is 0 Å². The normalized spacial score (nSPS) is 11.6. The molecule has 1 heterocycles. The summed E-state index contributed by atoms with van der Waals surface area (Å²) in [6, 6.07) is 10.7. The van der Waals surface area contributed by atoms with Crippen molar-refractivity contribution in [3.05, 3.63) is 64.0 Å². The number of non-ortho nitro benzene ring substituents is 1. The minimum absolute atomic E-state index is 0.0805. The lowest BCUT2D eigenvalue weighted by Crippen LogP contribution is -2.27. The van der Waals surface area contributed by atoms with E-state index in [0.29, 0.717) is 16.9 Å². The summed E-state index contributed by atoms with van der Waals surface area (Å²) in [5.74, 6) is 0.989. The van der Waals surface area contributed by atoms with Crippen molar-refractivity contribution >= 4 is 15.7 Å². The first kappa shape index (κ1) is 20.4. The van der Waals surface area contributed by atoms with E-state index in [9.17, 15) is 18.5 Å². The molecule has 0 saturated heterocycles. The highest BCUT2D eigenvalue weighted by Crippen LogP contribution is 2.26. The van der Waals surface area contributed by atoms with Gasteiger partial charge in [0.2, 0.25) is 21.7 Å². The summed E-state index contributed by atoms with van der Waals surface area (Å²) in [4.78, 5) is 14.4. The molecule has 0 atom stereocenters. The molecule has 0 unspecified atom stereocenters. The molecule has 0 spiro atoms. The van der Waals surface area contributed by atoms with Crippen molar-refractivity contribution in [3.8, 4) is 17.1 Å². The number of benzene rings is 2. The zero-order valence-electron chi connectivity index (χ0n) is 15.9. The topological polar surface area (TPSA) is 129 Å². The Hall–Kier alpha value is -3.31. The second-order valence-electron chi connectivity index (χ2n) is 6.21. The van der Waals surface area contributed by atoms with E-state index in [-0.39, 0.29) is 28.8 Å². The number of nitrogens with zero attached hydrogens (tertiary/aromatic N) is 4. The number of aromatic nitrogens is 2. The highest BCUT2D eigenvalue weighted by atomic mass is 32.2. The molecule has 0 radical (unpaired) electrons. The van der Waals surface area contributed by atoms with Crippen molar-refractivity contribution in [1.82, 2.24) is 14.4 Å². The van der Waals surface area contributed by atoms with Crippen molar-refractivity contribution in [2.24, 2.45) is 0 Å². The van der Waals surface area contributed by atoms with Gasteiger partial charge in [0.1, 0.15) is 5.75 Å². The number of hydrogen-bond acceptors (Lipinski definition) is 8. The average molecular weight is 418 g/mol. The molecule has 10 nitrogen and oxygen atoms in total. The van der Waals surface area contributed by atoms with Crippen LogP contribution in [0.4, 0.5) is 5.69 Å². The van der Waals surface area contributed by atoms with Gasteiger partial charge in [0.25, 0.3) is 5.69 Å². The summed E-state index contributed by atoms with van der Waals surface area (Å²) in [5.41, 5.74) is 0.741. The van der Waals surface area contributed by atoms with Gasteiger partial charge in [0.15, 0.2) is 0 Å². The molecule has 3 rings (SSSR count). The van der Waals surface area contributed by atoms with Crippen LogP contribution in [-0.2, 0) is 16.6 Å². The number of ether oxygens (including phenoxy) is 1. The fourth-order valence-electron chi connectivity index (χ4n) is 2.62. The summed E-state index contributed by atoms with van der Waals surface area (Å²) in [5, 5.41) is 14.9. The van der Waals surface area contributed by atoms with E-state index in [1.54, 1.807) is 31.2 Å². The molecule has 0 aliphatic carbocycles. The largest absolute Gasteiger partial charge is 0.497 e. The molecule has 0 fully saturated rings. The summed E-state index contributed by atoms with van der Waals surface area (Å²) < 4.78 is 37.1. The first-order valence-corrected chi connectivity index (χ1v) is 9.85. The third-order valence-electron chi connectivity index (χ3n) is 4.22. The van der Waals surface area contributed by atoms with Crippen molar-refractivity contribution < 1.29 is 22.6 Å². The number of sulfonamides is 1. The van der Waals surface area contributed by atoms with Crippen LogP contribution in [-0.4, -0.2) is 41.9 Å². The molecule has 2 aromatic carbocycles. The average Bonchev–Trinajstić information content (AvgIpc) is 3.16. The van der Waals surface area contributed by atoms with Gasteiger partial charge in [-0.1, -0.05) is 23.4 Å². The summed E-state index contributed by atoms with van der Waals surface area (Å²) in [7, 11) is -1.13. The van der Waals surface area contributed by atoms with Gasteiger partial charge in [-0.2, -0.15) is 9.29 Å². The monoisotopic (exact) mass is 418 g/mol. The molecule has 0 amide bonds. The van der Waals surface area contributed by atoms with Crippen LogP contribution >= 0.6 is 0 Å². The van der Waals surface area contributed by atoms with Crippen LogP contribution in [0, 0.1) is 17.0 Å². The van der Waals surface area contributed by atoms with Crippen LogP contribution in [0.1, 0.15) is 11.5 Å². The molecule has 29 heavy (non-hydrogen) atoms. The highest BCUT2D eigenvalue weighted by Gasteiger charge is 2.27. The lowest BCUT2D eigenvalue weighted by molar-refractivity contribution is -0.385. The van der Waals surface area contributed by atoms with Crippen molar-refractivity contribution in [1.29, 1.82) is 0 Å². The summed E-state index contributed by atoms with van der Waals surface area (Å²) in [6.45, 7) is 1.37. The Morgan fingerprint density at radius 3 is 2.69 bits per heavy atom. The Labute approximate surface area is 166 Å². The fourth-order valence-corrected chi connectivity index (χ4v) is 3.98. The minimum atomic E-state index is -4.01. The SMILES string of the molecule is COc1cccc(-c2noc(CN(C)S(=O)(=O)c3cc([N+](=O)[O-])ccc3C)n2)c1. The van der Waals surface area contributed by atoms with Gasteiger partial charge in [-0.3, -0.25) is 10.1 Å². The number of nitro benzene ring substituents is 1. The summed E-state index contributed by atoms with van der Waals surface area (Å²) in [6.07, 6.45) is 0. The highest BCUT2D eigenvalue weighted by molar-refractivity contribution is 7.89. The van der Waals surface area contributed by atoms with Gasteiger partial charge in [-0.05, 0) is 24.6 Å². The van der Waals surface area contributed by atoms with Gasteiger partial charge < -0.3 is 9.26 Å². The first-order valence-electron chi connectivity index (χ1n) is 8.41. The number of methoxy groups -OCH3 is 1. The van der Waals surface area contributed by atoms with Crippen molar-refractivity contribution in [3.63, 3.8) is 0 Å². The quantitative estimate of drug-likeness (QED) is 0.423. The standard InChI is InChI=1S/C18H18N4O6S/c1-12-7-8-14(22(23)24)10-16(12)29(25,26)21(2)11-17-19-18(20-28-17)13-5-4-6-15(9-13)27-3/h4-10H,11H2,1-3H3. The molecular formula is C18H18N4O6S. The van der Waals surface area contributed by atoms with E-state index in [0.717, 1.165) is 10.4 Å². The maximum absolute atomic E-state index is 12.9. The fraction of sp³-hybridized carbons (Fsp3) is 0.222. The number of hydrogen-bond donors (Lipinski definition) is 0. The van der Waals surface area contributed by atoms with Gasteiger partial charge in [-0.15, -0.1) is 0 Å². The Morgan fingerprint density at radius 1 is 1.24 bits per heavy atom. The second-order valence-corrected chi connectivity index (χ2v) is 8.22. The number of aryl methyl sites for hydroxylation is 1. The number of nitro groups is 1. The van der Waals surface area contributed by atoms with E-state index >= 15 is 0 Å². The molecule has 3 aromatic rings. The van der Waals surface area contributed by atoms with E-state index in [4.69, 9.17) is 9.26 Å². The Balaban J connectivity index is 1.85. The molecule has 0 aliphatic heterocycles. The second kappa shape index (κ2) is 7.97. The maximum Gasteiger partial charge on any atom is 0.270 e. The third-order valence-corrected chi connectivity index (χ3v) is 6.17. The Kier molecular flexibility index (Phi) is 5.62. The predicted molar refractivity (Wildman–Crippen MR) is 103 cm³/mol.